The van der Waals surface area contributed by atoms with Crippen molar-refractivity contribution >= 4 is 34.2 Å². The molecule has 11 nitrogen and oxygen atoms in total. The van der Waals surface area contributed by atoms with Gasteiger partial charge in [-0.3, -0.25) is 14.6 Å². The maximum Gasteiger partial charge on any atom is 0.251 e. The smallest absolute Gasteiger partial charge is 0.251 e. The van der Waals surface area contributed by atoms with Gasteiger partial charge in [0.05, 0.1) is 23.0 Å². The van der Waals surface area contributed by atoms with Gasteiger partial charge < -0.3 is 26.0 Å². The lowest BCUT2D eigenvalue weighted by Crippen LogP contribution is -2.30. The molecule has 3 aromatic carbocycles. The lowest BCUT2D eigenvalue weighted by molar-refractivity contribution is 0.0904. The van der Waals surface area contributed by atoms with Gasteiger partial charge in [0.25, 0.3) is 11.8 Å². The second kappa shape index (κ2) is 17.3. The zero-order valence-corrected chi connectivity index (χ0v) is 31.1. The second-order valence-corrected chi connectivity index (χ2v) is 13.6. The number of amides is 2. The van der Waals surface area contributed by atoms with Crippen molar-refractivity contribution in [2.24, 2.45) is 0 Å². The summed E-state index contributed by atoms with van der Waals surface area (Å²) >= 11 is 0. The largest absolute Gasteiger partial charge is 0.381 e. The van der Waals surface area contributed by atoms with Crippen LogP contribution >= 0.6 is 0 Å². The van der Waals surface area contributed by atoms with Crippen LogP contribution in [0.15, 0.2) is 97.5 Å². The van der Waals surface area contributed by atoms with E-state index >= 15 is 4.39 Å². The second-order valence-electron chi connectivity index (χ2n) is 13.6. The molecular formula is C43H45FN8O3. The Bertz CT molecular complexity index is 2290. The Hall–Kier alpha value is -6.14. The van der Waals surface area contributed by atoms with Crippen molar-refractivity contribution in [2.45, 2.75) is 65.3 Å². The van der Waals surface area contributed by atoms with Crippen molar-refractivity contribution < 1.29 is 18.7 Å². The summed E-state index contributed by atoms with van der Waals surface area (Å²) in [6.07, 6.45) is 7.76. The van der Waals surface area contributed by atoms with E-state index in [2.05, 4.69) is 38.3 Å². The minimum atomic E-state index is -0.351. The van der Waals surface area contributed by atoms with Crippen LogP contribution in [-0.4, -0.2) is 50.8 Å². The van der Waals surface area contributed by atoms with Crippen LogP contribution in [0.2, 0.25) is 0 Å². The molecule has 1 aliphatic rings. The zero-order valence-electron chi connectivity index (χ0n) is 31.1. The minimum absolute atomic E-state index is 0.178. The van der Waals surface area contributed by atoms with Crippen LogP contribution in [0.3, 0.4) is 0 Å². The molecule has 1 fully saturated rings. The third-order valence-electron chi connectivity index (χ3n) is 9.87. The van der Waals surface area contributed by atoms with Crippen molar-refractivity contribution in [1.82, 2.24) is 30.4 Å². The first kappa shape index (κ1) is 37.2. The van der Waals surface area contributed by atoms with E-state index in [1.165, 1.54) is 6.07 Å². The topological polar surface area (TPSA) is 135 Å². The monoisotopic (exact) mass is 740 g/mol. The summed E-state index contributed by atoms with van der Waals surface area (Å²) in [5.74, 6) is -1.00. The first-order valence-electron chi connectivity index (χ1n) is 18.8. The Morgan fingerprint density at radius 1 is 0.855 bits per heavy atom. The summed E-state index contributed by atoms with van der Waals surface area (Å²) in [6, 6.07) is 23.2. The number of ether oxygens (including phenoxy) is 1. The highest BCUT2D eigenvalue weighted by atomic mass is 19.1. The van der Waals surface area contributed by atoms with Gasteiger partial charge >= 0.3 is 0 Å². The fraction of sp³-hybridized carbons (Fsp3) is 0.279. The number of anilines is 2. The van der Waals surface area contributed by atoms with Crippen molar-refractivity contribution in [1.29, 1.82) is 0 Å². The van der Waals surface area contributed by atoms with E-state index in [0.717, 1.165) is 63.2 Å². The first-order valence-corrected chi connectivity index (χ1v) is 18.8. The van der Waals surface area contributed by atoms with Crippen LogP contribution in [0.1, 0.15) is 69.8 Å². The molecule has 1 saturated heterocycles. The third kappa shape index (κ3) is 8.81. The molecule has 0 unspecified atom stereocenters. The number of aryl methyl sites for hydroxylation is 2. The summed E-state index contributed by atoms with van der Waals surface area (Å²) in [5.41, 5.74) is 8.08. The van der Waals surface area contributed by atoms with Gasteiger partial charge in [0.15, 0.2) is 5.65 Å². The maximum absolute atomic E-state index is 15.1. The van der Waals surface area contributed by atoms with Crippen molar-refractivity contribution in [3.63, 3.8) is 0 Å². The number of hydrogen-bond donors (Lipinski definition) is 4. The third-order valence-corrected chi connectivity index (χ3v) is 9.87. The predicted octanol–water partition coefficient (Wildman–Crippen LogP) is 7.28. The van der Waals surface area contributed by atoms with Crippen LogP contribution in [-0.2, 0) is 37.3 Å². The molecule has 3 aromatic heterocycles. The predicted molar refractivity (Wildman–Crippen MR) is 212 cm³/mol. The van der Waals surface area contributed by atoms with Crippen LogP contribution in [0.25, 0.3) is 22.2 Å². The number of halogens is 1. The van der Waals surface area contributed by atoms with Crippen molar-refractivity contribution in [2.75, 3.05) is 23.8 Å². The van der Waals surface area contributed by atoms with Crippen LogP contribution < -0.4 is 21.3 Å². The molecule has 0 atom stereocenters. The number of benzene rings is 3. The number of rotatable bonds is 14. The van der Waals surface area contributed by atoms with E-state index in [1.807, 2.05) is 54.2 Å². The van der Waals surface area contributed by atoms with Gasteiger partial charge in [-0.25, -0.2) is 14.1 Å². The molecule has 6 aromatic rings. The van der Waals surface area contributed by atoms with Gasteiger partial charge in [0.1, 0.15) is 5.82 Å². The number of carbonyl (C=O) groups excluding carboxylic acids is 2. The van der Waals surface area contributed by atoms with E-state index < -0.39 is 0 Å². The molecule has 0 bridgehead atoms. The van der Waals surface area contributed by atoms with Crippen LogP contribution in [0.4, 0.5) is 15.8 Å². The maximum atomic E-state index is 15.1. The Morgan fingerprint density at radius 3 is 2.36 bits per heavy atom. The Morgan fingerprint density at radius 2 is 1.62 bits per heavy atom. The number of nitrogens with zero attached hydrogens (tertiary/aromatic N) is 4. The fourth-order valence-corrected chi connectivity index (χ4v) is 6.88. The molecule has 7 rings (SSSR count). The standard InChI is InChI=1S/C43H45FN8O3/c1-3-39-36(40(50-33-15-18-55-19-16-33)37-27-49-52(4-2)41(37)51-39)26-48-43(54)32-11-6-10-31(22-32)42(53)47-24-29-13-14-38(44)35(21-29)30-9-5-8-28(20-30)23-46-34-12-7-17-45-25-34/h5-14,17,20-22,25,27,33,46H,3-4,15-16,18-19,23-24,26H2,1-2H3,(H,47,53)(H,48,54)(H,50,51). The molecule has 1 aliphatic heterocycles. The first-order chi connectivity index (χ1) is 26.9. The van der Waals surface area contributed by atoms with E-state index in [4.69, 9.17) is 9.72 Å². The van der Waals surface area contributed by atoms with Crippen molar-refractivity contribution in [3.05, 3.63) is 137 Å². The molecule has 0 radical (unpaired) electrons. The lowest BCUT2D eigenvalue weighted by Gasteiger charge is -2.26. The molecule has 282 valence electrons. The molecule has 0 aliphatic carbocycles. The van der Waals surface area contributed by atoms with Gasteiger partial charge in [-0.05, 0) is 91.4 Å². The highest BCUT2D eigenvalue weighted by molar-refractivity contribution is 6.00. The Labute approximate surface area is 319 Å². The lowest BCUT2D eigenvalue weighted by atomic mass is 10.00. The molecule has 0 saturated carbocycles. The van der Waals surface area contributed by atoms with Gasteiger partial charge in [0.2, 0.25) is 0 Å². The van der Waals surface area contributed by atoms with E-state index in [0.29, 0.717) is 49.4 Å². The fourth-order valence-electron chi connectivity index (χ4n) is 6.88. The van der Waals surface area contributed by atoms with Gasteiger partial charge in [0, 0.05) is 85.8 Å². The quantitative estimate of drug-likeness (QED) is 0.0916. The summed E-state index contributed by atoms with van der Waals surface area (Å²) in [7, 11) is 0. The number of aromatic nitrogens is 4. The summed E-state index contributed by atoms with van der Waals surface area (Å²) in [5, 5.41) is 18.6. The molecular weight excluding hydrogens is 696 g/mol. The number of pyridine rings is 2. The summed E-state index contributed by atoms with van der Waals surface area (Å²) in [4.78, 5) is 36.0. The average molecular weight is 741 g/mol. The highest BCUT2D eigenvalue weighted by Gasteiger charge is 2.22. The molecule has 4 heterocycles. The molecule has 0 spiro atoms. The molecule has 2 amide bonds. The van der Waals surface area contributed by atoms with Gasteiger partial charge in [-0.15, -0.1) is 0 Å². The van der Waals surface area contributed by atoms with Gasteiger partial charge in [-0.1, -0.05) is 37.3 Å². The molecule has 55 heavy (non-hydrogen) atoms. The summed E-state index contributed by atoms with van der Waals surface area (Å²) < 4.78 is 22.6. The zero-order chi connectivity index (χ0) is 38.1. The van der Waals surface area contributed by atoms with E-state index in [9.17, 15) is 9.59 Å². The van der Waals surface area contributed by atoms with E-state index in [-0.39, 0.29) is 36.8 Å². The SMILES string of the molecule is CCc1nc2c(cnn2CC)c(NC2CCOCC2)c1CNC(=O)c1cccc(C(=O)NCc2ccc(F)c(-c3cccc(CNc4cccnc4)c3)c2)c1. The highest BCUT2D eigenvalue weighted by Crippen LogP contribution is 2.31. The van der Waals surface area contributed by atoms with E-state index in [1.54, 1.807) is 48.8 Å². The van der Waals surface area contributed by atoms with Crippen LogP contribution in [0, 0.1) is 5.82 Å². The number of hydrogen-bond acceptors (Lipinski definition) is 8. The number of nitrogens with one attached hydrogen (secondary N) is 4. The molecule has 12 heteroatoms. The van der Waals surface area contributed by atoms with Gasteiger partial charge in [-0.2, -0.15) is 5.10 Å². The molecule has 4 N–H and O–H groups in total. The van der Waals surface area contributed by atoms with Crippen LogP contribution in [0.5, 0.6) is 0 Å². The summed E-state index contributed by atoms with van der Waals surface area (Å²) in [6.45, 7) is 7.17. The number of carbonyl (C=O) groups is 2. The number of fused-ring (bicyclic) bond motifs is 1. The van der Waals surface area contributed by atoms with Crippen molar-refractivity contribution in [3.8, 4) is 11.1 Å². The average Bonchev–Trinajstić information content (AvgIpc) is 3.65. The normalized spacial score (nSPS) is 13.1. The minimum Gasteiger partial charge on any atom is -0.381 e. The Balaban J connectivity index is 1.02. The Kier molecular flexibility index (Phi) is 11.7.